The minimum Gasteiger partial charge on any atom is -0.495 e. The topological polar surface area (TPSA) is 56.2 Å². The van der Waals surface area contributed by atoms with Crippen LogP contribution in [0.1, 0.15) is 5.56 Å². The molecule has 0 bridgehead atoms. The van der Waals surface area contributed by atoms with Crippen LogP contribution in [0, 0.1) is 0 Å². The number of methoxy groups -OCH3 is 1. The van der Waals surface area contributed by atoms with Crippen LogP contribution in [-0.4, -0.2) is 28.3 Å². The van der Waals surface area contributed by atoms with Crippen LogP contribution in [0.5, 0.6) is 5.75 Å². The van der Waals surface area contributed by atoms with Crippen LogP contribution < -0.4 is 10.1 Å². The highest BCUT2D eigenvalue weighted by Crippen LogP contribution is 2.34. The summed E-state index contributed by atoms with van der Waals surface area (Å²) < 4.78 is 46.2. The van der Waals surface area contributed by atoms with Gasteiger partial charge in [0, 0.05) is 12.4 Å². The zero-order valence-electron chi connectivity index (χ0n) is 14.7. The Morgan fingerprint density at radius 2 is 1.89 bits per heavy atom. The van der Waals surface area contributed by atoms with Gasteiger partial charge in [0.2, 0.25) is 5.91 Å². The van der Waals surface area contributed by atoms with Crippen molar-refractivity contribution in [3.8, 4) is 11.4 Å². The van der Waals surface area contributed by atoms with Crippen molar-refractivity contribution in [3.63, 3.8) is 0 Å². The van der Waals surface area contributed by atoms with Crippen molar-refractivity contribution in [1.82, 2.24) is 9.55 Å². The maximum atomic E-state index is 13.0. The molecular weight excluding hydrogens is 391 g/mol. The third-order valence-electron chi connectivity index (χ3n) is 3.79. The van der Waals surface area contributed by atoms with Crippen LogP contribution >= 0.6 is 11.8 Å². The monoisotopic (exact) mass is 407 g/mol. The highest BCUT2D eigenvalue weighted by atomic mass is 32.2. The minimum absolute atomic E-state index is 0.0989. The number of nitrogens with zero attached hydrogens (tertiary/aromatic N) is 2. The molecule has 1 heterocycles. The van der Waals surface area contributed by atoms with Gasteiger partial charge in [0.15, 0.2) is 5.16 Å². The van der Waals surface area contributed by atoms with Crippen molar-refractivity contribution < 1.29 is 22.7 Å². The molecule has 146 valence electrons. The van der Waals surface area contributed by atoms with Crippen LogP contribution in [0.15, 0.2) is 66.1 Å². The molecule has 1 amide bonds. The van der Waals surface area contributed by atoms with E-state index >= 15 is 0 Å². The molecule has 0 radical (unpaired) electrons. The molecule has 9 heteroatoms. The molecule has 28 heavy (non-hydrogen) atoms. The maximum Gasteiger partial charge on any atom is 0.418 e. The van der Waals surface area contributed by atoms with Gasteiger partial charge in [-0.25, -0.2) is 4.98 Å². The third kappa shape index (κ3) is 4.48. The molecule has 0 spiro atoms. The lowest BCUT2D eigenvalue weighted by atomic mass is 10.1. The van der Waals surface area contributed by atoms with E-state index in [4.69, 9.17) is 4.74 Å². The molecule has 5 nitrogen and oxygen atoms in total. The average Bonchev–Trinajstić information content (AvgIpc) is 3.14. The van der Waals surface area contributed by atoms with Crippen molar-refractivity contribution >= 4 is 23.4 Å². The normalized spacial score (nSPS) is 11.3. The zero-order chi connectivity index (χ0) is 20.1. The number of para-hydroxylation sites is 3. The average molecular weight is 407 g/mol. The number of aromatic nitrogens is 2. The summed E-state index contributed by atoms with van der Waals surface area (Å²) in [7, 11) is 1.55. The summed E-state index contributed by atoms with van der Waals surface area (Å²) in [6.45, 7) is 0. The Kier molecular flexibility index (Phi) is 5.93. The molecular formula is C19H16F3N3O2S. The van der Waals surface area contributed by atoms with Gasteiger partial charge >= 0.3 is 6.18 Å². The van der Waals surface area contributed by atoms with E-state index in [2.05, 4.69) is 10.3 Å². The summed E-state index contributed by atoms with van der Waals surface area (Å²) in [6, 6.07) is 12.2. The molecule has 3 rings (SSSR count). The van der Waals surface area contributed by atoms with E-state index in [1.807, 2.05) is 18.2 Å². The number of hydrogen-bond donors (Lipinski definition) is 1. The zero-order valence-corrected chi connectivity index (χ0v) is 15.6. The molecule has 0 atom stereocenters. The van der Waals surface area contributed by atoms with E-state index in [0.29, 0.717) is 10.9 Å². The number of anilines is 1. The summed E-state index contributed by atoms with van der Waals surface area (Å²) in [5.74, 6) is -0.0274. The first-order chi connectivity index (χ1) is 13.4. The van der Waals surface area contributed by atoms with Gasteiger partial charge in [-0.05, 0) is 24.3 Å². The van der Waals surface area contributed by atoms with E-state index in [0.717, 1.165) is 23.5 Å². The lowest BCUT2D eigenvalue weighted by Gasteiger charge is -2.14. The summed E-state index contributed by atoms with van der Waals surface area (Å²) in [6.07, 6.45) is -1.25. The van der Waals surface area contributed by atoms with E-state index < -0.39 is 17.6 Å². The first kappa shape index (κ1) is 19.8. The van der Waals surface area contributed by atoms with E-state index in [1.54, 1.807) is 30.1 Å². The van der Waals surface area contributed by atoms with Crippen LogP contribution in [0.25, 0.3) is 5.69 Å². The Labute approximate surface area is 163 Å². The number of nitrogens with one attached hydrogen (secondary N) is 1. The lowest BCUT2D eigenvalue weighted by molar-refractivity contribution is -0.137. The second-order valence-corrected chi connectivity index (χ2v) is 6.57. The second-order valence-electron chi connectivity index (χ2n) is 5.63. The van der Waals surface area contributed by atoms with Crippen molar-refractivity contribution in [2.45, 2.75) is 11.3 Å². The van der Waals surface area contributed by atoms with Crippen molar-refractivity contribution in [3.05, 3.63) is 66.5 Å². The van der Waals surface area contributed by atoms with E-state index in [1.165, 1.54) is 18.2 Å². The molecule has 0 aliphatic rings. The predicted octanol–water partition coefficient (Wildman–Crippen LogP) is 4.63. The lowest BCUT2D eigenvalue weighted by Crippen LogP contribution is -2.18. The summed E-state index contributed by atoms with van der Waals surface area (Å²) in [5, 5.41) is 2.84. The second kappa shape index (κ2) is 8.39. The Hall–Kier alpha value is -2.94. The number of imidazole rings is 1. The number of hydrogen-bond acceptors (Lipinski definition) is 4. The summed E-state index contributed by atoms with van der Waals surface area (Å²) in [4.78, 5) is 16.4. The fourth-order valence-electron chi connectivity index (χ4n) is 2.56. The van der Waals surface area contributed by atoms with Crippen LogP contribution in [-0.2, 0) is 11.0 Å². The number of carbonyl (C=O) groups excluding carboxylic acids is 1. The molecule has 0 aliphatic carbocycles. The number of amides is 1. The Morgan fingerprint density at radius 3 is 2.64 bits per heavy atom. The first-order valence-corrected chi connectivity index (χ1v) is 9.14. The van der Waals surface area contributed by atoms with Gasteiger partial charge in [0.25, 0.3) is 0 Å². The molecule has 1 aromatic heterocycles. The van der Waals surface area contributed by atoms with E-state index in [-0.39, 0.29) is 11.4 Å². The first-order valence-electron chi connectivity index (χ1n) is 8.16. The van der Waals surface area contributed by atoms with Gasteiger partial charge in [-0.15, -0.1) is 0 Å². The molecule has 2 aromatic carbocycles. The van der Waals surface area contributed by atoms with Gasteiger partial charge in [-0.2, -0.15) is 13.2 Å². The Morgan fingerprint density at radius 1 is 1.18 bits per heavy atom. The summed E-state index contributed by atoms with van der Waals surface area (Å²) >= 11 is 1.11. The largest absolute Gasteiger partial charge is 0.495 e. The molecule has 0 saturated carbocycles. The third-order valence-corrected chi connectivity index (χ3v) is 4.76. The number of thioether (sulfide) groups is 1. The molecule has 0 fully saturated rings. The molecule has 3 aromatic rings. The van der Waals surface area contributed by atoms with Gasteiger partial charge < -0.3 is 10.1 Å². The van der Waals surface area contributed by atoms with Crippen LogP contribution in [0.2, 0.25) is 0 Å². The van der Waals surface area contributed by atoms with Crippen LogP contribution in [0.3, 0.4) is 0 Å². The maximum absolute atomic E-state index is 13.0. The number of ether oxygens (including phenoxy) is 1. The van der Waals surface area contributed by atoms with Crippen molar-refractivity contribution in [2.24, 2.45) is 0 Å². The molecule has 0 unspecified atom stereocenters. The number of benzene rings is 2. The van der Waals surface area contributed by atoms with Gasteiger partial charge in [0.05, 0.1) is 29.8 Å². The fraction of sp³-hybridized carbons (Fsp3) is 0.158. The highest BCUT2D eigenvalue weighted by molar-refractivity contribution is 7.99. The Bertz CT molecular complexity index is 973. The minimum atomic E-state index is -4.54. The standard InChI is InChI=1S/C19H16F3N3O2S/c1-27-16-9-5-4-8-15(16)25-11-10-23-18(25)28-12-17(26)24-14-7-3-2-6-13(14)19(20,21)22/h2-11H,12H2,1H3,(H,24,26). The smallest absolute Gasteiger partial charge is 0.418 e. The highest BCUT2D eigenvalue weighted by Gasteiger charge is 2.33. The number of alkyl halides is 3. The van der Waals surface area contributed by atoms with Crippen LogP contribution in [0.4, 0.5) is 18.9 Å². The predicted molar refractivity (Wildman–Crippen MR) is 101 cm³/mol. The molecule has 0 saturated heterocycles. The van der Waals surface area contributed by atoms with Gasteiger partial charge in [-0.3, -0.25) is 9.36 Å². The quantitative estimate of drug-likeness (QED) is 0.606. The van der Waals surface area contributed by atoms with Gasteiger partial charge in [0.1, 0.15) is 5.75 Å². The number of carbonyl (C=O) groups is 1. The summed E-state index contributed by atoms with van der Waals surface area (Å²) in [5.41, 5.74) is -0.412. The van der Waals surface area contributed by atoms with Gasteiger partial charge in [-0.1, -0.05) is 36.0 Å². The Balaban J connectivity index is 1.71. The molecule has 0 aliphatic heterocycles. The fourth-order valence-corrected chi connectivity index (χ4v) is 3.33. The van der Waals surface area contributed by atoms with Crippen molar-refractivity contribution in [2.75, 3.05) is 18.2 Å². The van der Waals surface area contributed by atoms with E-state index in [9.17, 15) is 18.0 Å². The van der Waals surface area contributed by atoms with Crippen molar-refractivity contribution in [1.29, 1.82) is 0 Å². The molecule has 1 N–H and O–H groups in total. The number of halogens is 3. The number of rotatable bonds is 6. The SMILES string of the molecule is COc1ccccc1-n1ccnc1SCC(=O)Nc1ccccc1C(F)(F)F.